The quantitative estimate of drug-likeness (QED) is 0.0135. The predicted octanol–water partition coefficient (Wildman–Crippen LogP) is 9.10. The Bertz CT molecular complexity index is 2040. The number of nitrogens with zero attached hydrogens (tertiary/aromatic N) is 2. The second-order valence-corrected chi connectivity index (χ2v) is 20.4. The average molecular weight is 1040 g/mol. The maximum atomic E-state index is 12.9. The SMILES string of the molecule is CC/C=C\C/C=C\C/C=C\CCCCCCCC(=O)O[C@H](COC(=O)CCCC1OC1C/C=C\C/C=C\C/C=C\CCCCC)COP(=O)(O)OP(=O)(O)OC[C@H]1O[C@@H](n2ccc(N)nc2=O)[C@H](O)[C@@H]1O. The number of anilines is 1. The van der Waals surface area contributed by atoms with Crippen molar-refractivity contribution in [3.05, 3.63) is 95.7 Å². The number of nitrogens with two attached hydrogens (primary N) is 1. The van der Waals surface area contributed by atoms with Crippen molar-refractivity contribution in [2.75, 3.05) is 25.6 Å². The summed E-state index contributed by atoms with van der Waals surface area (Å²) >= 11 is 0. The van der Waals surface area contributed by atoms with Crippen molar-refractivity contribution in [2.45, 2.75) is 185 Å². The van der Waals surface area contributed by atoms with Crippen LogP contribution in [0.4, 0.5) is 5.82 Å². The molecule has 3 heterocycles. The summed E-state index contributed by atoms with van der Waals surface area (Å²) in [5.74, 6) is -1.40. The van der Waals surface area contributed by atoms with Crippen LogP contribution in [0, 0.1) is 0 Å². The maximum absolute atomic E-state index is 12.9. The highest BCUT2D eigenvalue weighted by molar-refractivity contribution is 7.61. The first-order valence-corrected chi connectivity index (χ1v) is 28.1. The summed E-state index contributed by atoms with van der Waals surface area (Å²) < 4.78 is 62.5. The molecule has 3 rings (SSSR count). The Morgan fingerprint density at radius 2 is 1.31 bits per heavy atom. The molecule has 2 fully saturated rings. The van der Waals surface area contributed by atoms with Crippen LogP contribution >= 0.6 is 15.6 Å². The molecule has 0 bridgehead atoms. The largest absolute Gasteiger partial charge is 0.481 e. The minimum absolute atomic E-state index is 0.0104. The number of ether oxygens (including phenoxy) is 4. The molecule has 1 aromatic heterocycles. The molecular weight excluding hydrogens is 961 g/mol. The number of aromatic nitrogens is 2. The van der Waals surface area contributed by atoms with Crippen molar-refractivity contribution in [1.82, 2.24) is 9.55 Å². The summed E-state index contributed by atoms with van der Waals surface area (Å²) in [5.41, 5.74) is 4.58. The lowest BCUT2D eigenvalue weighted by Gasteiger charge is -2.21. The maximum Gasteiger partial charge on any atom is 0.481 e. The second-order valence-electron chi connectivity index (χ2n) is 17.3. The molecule has 0 aliphatic carbocycles. The molecule has 0 amide bonds. The zero-order chi connectivity index (χ0) is 51.7. The Kier molecular flexibility index (Phi) is 30.6. The molecule has 400 valence electrons. The molecule has 0 aromatic carbocycles. The number of epoxide rings is 1. The van der Waals surface area contributed by atoms with E-state index in [0.29, 0.717) is 19.3 Å². The van der Waals surface area contributed by atoms with E-state index >= 15 is 0 Å². The molecule has 2 aliphatic rings. The van der Waals surface area contributed by atoms with Crippen molar-refractivity contribution in [1.29, 1.82) is 0 Å². The molecule has 4 unspecified atom stereocenters. The molecule has 0 spiro atoms. The molecule has 6 N–H and O–H groups in total. The van der Waals surface area contributed by atoms with Crippen molar-refractivity contribution >= 4 is 33.4 Å². The number of allylic oxidation sites excluding steroid dienone is 11. The van der Waals surface area contributed by atoms with Crippen LogP contribution in [-0.2, 0) is 51.0 Å². The lowest BCUT2D eigenvalue weighted by Crippen LogP contribution is -2.36. The van der Waals surface area contributed by atoms with Crippen LogP contribution in [0.1, 0.15) is 148 Å². The van der Waals surface area contributed by atoms with E-state index in [4.69, 9.17) is 33.7 Å². The van der Waals surface area contributed by atoms with E-state index in [0.717, 1.165) is 87.8 Å². The summed E-state index contributed by atoms with van der Waals surface area (Å²) in [6.07, 6.45) is 35.7. The Hall–Kier alpha value is -3.84. The number of rotatable bonds is 39. The summed E-state index contributed by atoms with van der Waals surface area (Å²) in [4.78, 5) is 62.0. The van der Waals surface area contributed by atoms with E-state index in [-0.39, 0.29) is 30.9 Å². The molecule has 2 saturated heterocycles. The first kappa shape index (κ1) is 61.5. The van der Waals surface area contributed by atoms with Crippen LogP contribution in [0.2, 0.25) is 0 Å². The zero-order valence-electron chi connectivity index (χ0n) is 41.4. The lowest BCUT2D eigenvalue weighted by atomic mass is 10.1. The molecule has 9 atom stereocenters. The fourth-order valence-electron chi connectivity index (χ4n) is 7.24. The highest BCUT2D eigenvalue weighted by atomic mass is 31.3. The molecule has 21 heteroatoms. The topological polar surface area (TPSA) is 278 Å². The van der Waals surface area contributed by atoms with Crippen molar-refractivity contribution < 1.29 is 71.0 Å². The molecule has 1 aromatic rings. The van der Waals surface area contributed by atoms with Crippen LogP contribution < -0.4 is 11.4 Å². The summed E-state index contributed by atoms with van der Waals surface area (Å²) in [6, 6.07) is 1.24. The van der Waals surface area contributed by atoms with Gasteiger partial charge in [0.2, 0.25) is 0 Å². The Morgan fingerprint density at radius 3 is 1.97 bits per heavy atom. The van der Waals surface area contributed by atoms with Gasteiger partial charge in [0, 0.05) is 19.0 Å². The highest BCUT2D eigenvalue weighted by Crippen LogP contribution is 2.60. The Balaban J connectivity index is 1.43. The average Bonchev–Trinajstić information content (AvgIpc) is 4.01. The third-order valence-corrected chi connectivity index (χ3v) is 13.8. The zero-order valence-corrected chi connectivity index (χ0v) is 43.2. The first-order chi connectivity index (χ1) is 34.1. The van der Waals surface area contributed by atoms with Crippen LogP contribution in [0.25, 0.3) is 0 Å². The number of aliphatic hydroxyl groups is 2. The minimum Gasteiger partial charge on any atom is -0.462 e. The van der Waals surface area contributed by atoms with E-state index in [1.54, 1.807) is 0 Å². The fourth-order valence-corrected chi connectivity index (χ4v) is 9.35. The van der Waals surface area contributed by atoms with Gasteiger partial charge in [-0.1, -0.05) is 119 Å². The van der Waals surface area contributed by atoms with Gasteiger partial charge in [0.15, 0.2) is 12.3 Å². The minimum atomic E-state index is -5.45. The van der Waals surface area contributed by atoms with E-state index in [1.165, 1.54) is 25.3 Å². The number of hydrogen-bond donors (Lipinski definition) is 5. The van der Waals surface area contributed by atoms with Gasteiger partial charge in [-0.15, -0.1) is 0 Å². The monoisotopic (exact) mass is 1040 g/mol. The second kappa shape index (κ2) is 35.3. The Labute approximate surface area is 419 Å². The van der Waals surface area contributed by atoms with Gasteiger partial charge in [0.1, 0.15) is 30.7 Å². The van der Waals surface area contributed by atoms with Gasteiger partial charge >= 0.3 is 33.3 Å². The number of phosphoric ester groups is 2. The highest BCUT2D eigenvalue weighted by Gasteiger charge is 2.46. The van der Waals surface area contributed by atoms with Gasteiger partial charge < -0.3 is 44.7 Å². The van der Waals surface area contributed by atoms with Gasteiger partial charge in [0.05, 0.1) is 25.4 Å². The smallest absolute Gasteiger partial charge is 0.462 e. The number of carbonyl (C=O) groups excluding carboxylic acids is 2. The van der Waals surface area contributed by atoms with Crippen LogP contribution in [0.3, 0.4) is 0 Å². The number of carbonyl (C=O) groups is 2. The van der Waals surface area contributed by atoms with E-state index < -0.39 is 83.7 Å². The van der Waals surface area contributed by atoms with Gasteiger partial charge in [-0.2, -0.15) is 9.29 Å². The number of aliphatic hydroxyl groups excluding tert-OH is 2. The van der Waals surface area contributed by atoms with Gasteiger partial charge in [0.25, 0.3) is 0 Å². The molecule has 19 nitrogen and oxygen atoms in total. The number of hydrogen-bond acceptors (Lipinski definition) is 16. The number of phosphoric acid groups is 2. The lowest BCUT2D eigenvalue weighted by molar-refractivity contribution is -0.161. The standard InChI is InChI=1S/C50H79N3O16P2/c1-3-5-7-9-11-13-15-17-18-19-21-23-25-27-29-33-46(55)66-40(37-63-45(54)34-30-32-42-41(67-42)31-28-26-24-22-20-16-14-12-10-8-6-4-2)38-64-70(59,60)69-71(61,62)65-39-43-47(56)48(57)49(68-43)53-36-35-44(51)52-50(53)58/h5,7,11-14,17-18,20,22,26,28,35-36,40-43,47-49,56-57H,3-4,6,8-10,15-16,19,21,23-25,27,29-34,37-39H2,1-2H3,(H,59,60)(H,61,62)(H2,51,52,58)/b7-5-,13-11-,14-12-,18-17-,22-20-,28-26-/t40-,41?,42?,43-,47-,48-,49-/m1/s1. The van der Waals surface area contributed by atoms with Crippen LogP contribution in [0.15, 0.2) is 90.0 Å². The number of esters is 2. The van der Waals surface area contributed by atoms with Crippen LogP contribution in [0.5, 0.6) is 0 Å². The van der Waals surface area contributed by atoms with E-state index in [2.05, 4.69) is 96.1 Å². The normalized spacial score (nSPS) is 22.6. The van der Waals surface area contributed by atoms with Gasteiger partial charge in [-0.05, 0) is 89.5 Å². The van der Waals surface area contributed by atoms with Gasteiger partial charge in [-0.3, -0.25) is 23.2 Å². The first-order valence-electron chi connectivity index (χ1n) is 25.1. The van der Waals surface area contributed by atoms with E-state index in [1.807, 2.05) is 0 Å². The molecule has 0 saturated carbocycles. The van der Waals surface area contributed by atoms with Gasteiger partial charge in [-0.25, -0.2) is 13.9 Å². The summed E-state index contributed by atoms with van der Waals surface area (Å²) in [7, 11) is -10.9. The summed E-state index contributed by atoms with van der Waals surface area (Å²) in [6.45, 7) is 1.91. The van der Waals surface area contributed by atoms with Crippen molar-refractivity contribution in [3.63, 3.8) is 0 Å². The molecule has 71 heavy (non-hydrogen) atoms. The molecule has 2 aliphatic heterocycles. The molecule has 0 radical (unpaired) electrons. The predicted molar refractivity (Wildman–Crippen MR) is 270 cm³/mol. The summed E-state index contributed by atoms with van der Waals surface area (Å²) in [5, 5.41) is 20.9. The van der Waals surface area contributed by atoms with Crippen molar-refractivity contribution in [3.8, 4) is 0 Å². The van der Waals surface area contributed by atoms with E-state index in [9.17, 15) is 43.5 Å². The Morgan fingerprint density at radius 1 is 0.718 bits per heavy atom. The fraction of sp³-hybridized carbons (Fsp3) is 0.640. The van der Waals surface area contributed by atoms with Crippen molar-refractivity contribution in [2.24, 2.45) is 0 Å². The third-order valence-electron chi connectivity index (χ3n) is 11.2. The number of nitrogen functional groups attached to an aromatic ring is 1. The molecular formula is C50H79N3O16P2. The third kappa shape index (κ3) is 27.7. The van der Waals surface area contributed by atoms with Crippen LogP contribution in [-0.4, -0.2) is 97.9 Å². The number of unbranched alkanes of at least 4 members (excludes halogenated alkanes) is 8.